The minimum absolute atomic E-state index is 0.579. The Hall–Kier alpha value is -0.120. The summed E-state index contributed by atoms with van der Waals surface area (Å²) in [5.41, 5.74) is 5.52. The van der Waals surface area contributed by atoms with Gasteiger partial charge in [0.05, 0.1) is 0 Å². The van der Waals surface area contributed by atoms with Crippen LogP contribution in [0, 0.1) is 0 Å². The highest BCUT2D eigenvalue weighted by Crippen LogP contribution is 2.11. The Morgan fingerprint density at radius 1 is 1.56 bits per heavy atom. The molecule has 0 saturated carbocycles. The second-order valence-electron chi connectivity index (χ2n) is 2.63. The van der Waals surface area contributed by atoms with Gasteiger partial charge in [0.25, 0.3) is 0 Å². The average molecular weight is 129 g/mol. The smallest absolute Gasteiger partial charge is 0.0377 e. The maximum Gasteiger partial charge on any atom is 0.0377 e. The predicted molar refractivity (Wildman–Crippen MR) is 37.9 cm³/mol. The fourth-order valence-electron chi connectivity index (χ4n) is 1.23. The van der Waals surface area contributed by atoms with Crippen LogP contribution in [-0.4, -0.2) is 43.2 Å². The third-order valence-corrected chi connectivity index (χ3v) is 2.12. The number of hydrogen-bond donors (Lipinski definition) is 1. The zero-order chi connectivity index (χ0) is 6.85. The molecular formula is C6H15N3. The third kappa shape index (κ3) is 1.23. The standard InChI is InChI=1S/C6H15N3/c1-8-4-3-6(5-7)9(8)2/h6H,3-5,7H2,1-2H3. The Kier molecular flexibility index (Phi) is 2.05. The van der Waals surface area contributed by atoms with Crippen LogP contribution in [0.25, 0.3) is 0 Å². The van der Waals surface area contributed by atoms with Crippen molar-refractivity contribution < 1.29 is 0 Å². The number of hydrogen-bond acceptors (Lipinski definition) is 3. The Labute approximate surface area is 56.4 Å². The molecule has 1 saturated heterocycles. The molecule has 0 spiro atoms. The summed E-state index contributed by atoms with van der Waals surface area (Å²) in [6, 6.07) is 0.579. The Morgan fingerprint density at radius 2 is 2.22 bits per heavy atom. The fraction of sp³-hybridized carbons (Fsp3) is 1.00. The summed E-state index contributed by atoms with van der Waals surface area (Å²) in [5, 5.41) is 4.41. The van der Waals surface area contributed by atoms with Gasteiger partial charge in [0.1, 0.15) is 0 Å². The van der Waals surface area contributed by atoms with Crippen LogP contribution in [0.4, 0.5) is 0 Å². The highest BCUT2D eigenvalue weighted by Gasteiger charge is 2.23. The van der Waals surface area contributed by atoms with Gasteiger partial charge in [0, 0.05) is 33.2 Å². The lowest BCUT2D eigenvalue weighted by molar-refractivity contribution is 0.0561. The Morgan fingerprint density at radius 3 is 2.44 bits per heavy atom. The first-order chi connectivity index (χ1) is 4.25. The normalized spacial score (nSPS) is 31.7. The van der Waals surface area contributed by atoms with Crippen molar-refractivity contribution in [3.8, 4) is 0 Å². The first-order valence-electron chi connectivity index (χ1n) is 3.39. The molecule has 54 valence electrons. The van der Waals surface area contributed by atoms with E-state index in [1.165, 1.54) is 6.42 Å². The first kappa shape index (κ1) is 6.99. The Bertz CT molecular complexity index is 94.3. The van der Waals surface area contributed by atoms with E-state index in [0.29, 0.717) is 6.04 Å². The maximum absolute atomic E-state index is 5.52. The Balaban J connectivity index is 2.41. The molecule has 3 nitrogen and oxygen atoms in total. The van der Waals surface area contributed by atoms with E-state index in [0.717, 1.165) is 13.1 Å². The van der Waals surface area contributed by atoms with Crippen molar-refractivity contribution in [2.45, 2.75) is 12.5 Å². The van der Waals surface area contributed by atoms with Crippen LogP contribution < -0.4 is 5.73 Å². The molecule has 1 aliphatic heterocycles. The summed E-state index contributed by atoms with van der Waals surface area (Å²) in [5.74, 6) is 0. The molecule has 1 fully saturated rings. The summed E-state index contributed by atoms with van der Waals surface area (Å²) in [4.78, 5) is 0. The maximum atomic E-state index is 5.52. The second-order valence-corrected chi connectivity index (χ2v) is 2.63. The van der Waals surface area contributed by atoms with E-state index >= 15 is 0 Å². The molecular weight excluding hydrogens is 114 g/mol. The summed E-state index contributed by atoms with van der Waals surface area (Å²) >= 11 is 0. The van der Waals surface area contributed by atoms with E-state index in [1.807, 2.05) is 0 Å². The fourth-order valence-corrected chi connectivity index (χ4v) is 1.23. The first-order valence-corrected chi connectivity index (χ1v) is 3.39. The van der Waals surface area contributed by atoms with Gasteiger partial charge in [-0.3, -0.25) is 0 Å². The summed E-state index contributed by atoms with van der Waals surface area (Å²) in [6.07, 6.45) is 1.21. The molecule has 1 aliphatic rings. The van der Waals surface area contributed by atoms with Crippen molar-refractivity contribution in [1.29, 1.82) is 0 Å². The molecule has 0 aliphatic carbocycles. The summed E-state index contributed by atoms with van der Waals surface area (Å²) in [7, 11) is 4.18. The molecule has 0 bridgehead atoms. The van der Waals surface area contributed by atoms with Crippen molar-refractivity contribution in [2.75, 3.05) is 27.2 Å². The number of likely N-dealkylation sites (N-methyl/N-ethyl adjacent to an activating group) is 1. The highest BCUT2D eigenvalue weighted by atomic mass is 15.6. The number of rotatable bonds is 1. The number of hydrazine groups is 1. The van der Waals surface area contributed by atoms with Gasteiger partial charge in [-0.15, -0.1) is 0 Å². The zero-order valence-corrected chi connectivity index (χ0v) is 6.17. The zero-order valence-electron chi connectivity index (χ0n) is 6.17. The van der Waals surface area contributed by atoms with Crippen molar-refractivity contribution in [3.63, 3.8) is 0 Å². The highest BCUT2D eigenvalue weighted by molar-refractivity contribution is 4.74. The molecule has 3 heteroatoms. The number of nitrogens with zero attached hydrogens (tertiary/aromatic N) is 2. The van der Waals surface area contributed by atoms with Crippen molar-refractivity contribution in [1.82, 2.24) is 10.0 Å². The van der Waals surface area contributed by atoms with Crippen LogP contribution in [0.2, 0.25) is 0 Å². The van der Waals surface area contributed by atoms with E-state index in [2.05, 4.69) is 24.1 Å². The van der Waals surface area contributed by atoms with Crippen molar-refractivity contribution in [3.05, 3.63) is 0 Å². The van der Waals surface area contributed by atoms with E-state index in [1.54, 1.807) is 0 Å². The molecule has 1 rings (SSSR count). The van der Waals surface area contributed by atoms with Gasteiger partial charge in [-0.25, -0.2) is 10.0 Å². The second kappa shape index (κ2) is 2.64. The van der Waals surface area contributed by atoms with Crippen LogP contribution in [0.5, 0.6) is 0 Å². The molecule has 1 unspecified atom stereocenters. The monoisotopic (exact) mass is 129 g/mol. The van der Waals surface area contributed by atoms with Crippen LogP contribution in [0.15, 0.2) is 0 Å². The van der Waals surface area contributed by atoms with Crippen LogP contribution in [0.1, 0.15) is 6.42 Å². The van der Waals surface area contributed by atoms with E-state index in [9.17, 15) is 0 Å². The van der Waals surface area contributed by atoms with Crippen molar-refractivity contribution >= 4 is 0 Å². The summed E-state index contributed by atoms with van der Waals surface area (Å²) in [6.45, 7) is 1.93. The van der Waals surface area contributed by atoms with Gasteiger partial charge < -0.3 is 5.73 Å². The lowest BCUT2D eigenvalue weighted by atomic mass is 10.2. The van der Waals surface area contributed by atoms with E-state index in [4.69, 9.17) is 5.73 Å². The molecule has 0 aromatic carbocycles. The van der Waals surface area contributed by atoms with Crippen LogP contribution >= 0.6 is 0 Å². The predicted octanol–water partition coefficient (Wildman–Crippen LogP) is -0.504. The molecule has 2 N–H and O–H groups in total. The minimum atomic E-state index is 0.579. The SMILES string of the molecule is CN1CCC(CN)N1C. The van der Waals surface area contributed by atoms with Gasteiger partial charge in [0.2, 0.25) is 0 Å². The quantitative estimate of drug-likeness (QED) is 0.518. The van der Waals surface area contributed by atoms with E-state index in [-0.39, 0.29) is 0 Å². The third-order valence-electron chi connectivity index (χ3n) is 2.12. The van der Waals surface area contributed by atoms with Gasteiger partial charge >= 0.3 is 0 Å². The van der Waals surface area contributed by atoms with Gasteiger partial charge in [-0.1, -0.05) is 0 Å². The molecule has 0 aromatic heterocycles. The summed E-state index contributed by atoms with van der Waals surface area (Å²) < 4.78 is 0. The molecule has 1 heterocycles. The molecule has 1 atom stereocenters. The molecule has 0 radical (unpaired) electrons. The van der Waals surface area contributed by atoms with Crippen molar-refractivity contribution in [2.24, 2.45) is 5.73 Å². The largest absolute Gasteiger partial charge is 0.329 e. The molecule has 0 amide bonds. The minimum Gasteiger partial charge on any atom is -0.329 e. The van der Waals surface area contributed by atoms with Crippen LogP contribution in [-0.2, 0) is 0 Å². The number of nitrogens with two attached hydrogens (primary N) is 1. The molecule has 0 aromatic rings. The average Bonchev–Trinajstić information content (AvgIpc) is 2.15. The van der Waals surface area contributed by atoms with E-state index < -0.39 is 0 Å². The lowest BCUT2D eigenvalue weighted by Gasteiger charge is -2.23. The van der Waals surface area contributed by atoms with Gasteiger partial charge in [-0.2, -0.15) is 0 Å². The van der Waals surface area contributed by atoms with Crippen LogP contribution in [0.3, 0.4) is 0 Å². The van der Waals surface area contributed by atoms with Gasteiger partial charge in [-0.05, 0) is 6.42 Å². The molecule has 9 heavy (non-hydrogen) atoms. The lowest BCUT2D eigenvalue weighted by Crippen LogP contribution is -2.38. The topological polar surface area (TPSA) is 32.5 Å². The van der Waals surface area contributed by atoms with Gasteiger partial charge in [0.15, 0.2) is 0 Å².